The Labute approximate surface area is 197 Å². The minimum atomic E-state index is -0.527. The standard InChI is InChI=1S/C20H22BrClN6O4/c1-11-8-14(22)4-5-15(11)31-10-17(29)23-6-7-24-19(30)20-25-16(27-32-20)9-28-13(3)18(21)12(2)26-28/h4-5,8H,6-7,9-10H2,1-3H3,(H,23,29)(H,24,30). The van der Waals surface area contributed by atoms with Gasteiger partial charge >= 0.3 is 11.8 Å². The molecule has 0 aliphatic rings. The average molecular weight is 526 g/mol. The molecule has 0 fully saturated rings. The van der Waals surface area contributed by atoms with Gasteiger partial charge in [0, 0.05) is 18.1 Å². The zero-order chi connectivity index (χ0) is 23.3. The summed E-state index contributed by atoms with van der Waals surface area (Å²) in [4.78, 5) is 28.2. The minimum Gasteiger partial charge on any atom is -0.484 e. The van der Waals surface area contributed by atoms with Crippen LogP contribution in [0.2, 0.25) is 5.02 Å². The Morgan fingerprint density at radius 2 is 1.97 bits per heavy atom. The number of nitrogens with zero attached hydrogens (tertiary/aromatic N) is 4. The van der Waals surface area contributed by atoms with Gasteiger partial charge in [0.1, 0.15) is 12.3 Å². The van der Waals surface area contributed by atoms with Crippen LogP contribution in [0.3, 0.4) is 0 Å². The molecule has 0 saturated heterocycles. The zero-order valence-corrected chi connectivity index (χ0v) is 20.1. The van der Waals surface area contributed by atoms with Crippen molar-refractivity contribution in [3.63, 3.8) is 0 Å². The number of carbonyl (C=O) groups excluding carboxylic acids is 2. The summed E-state index contributed by atoms with van der Waals surface area (Å²) < 4.78 is 13.1. The first-order chi connectivity index (χ1) is 15.2. The van der Waals surface area contributed by atoms with Crippen LogP contribution in [0, 0.1) is 20.8 Å². The second-order valence-corrected chi connectivity index (χ2v) is 8.19. The third kappa shape index (κ3) is 6.07. The summed E-state index contributed by atoms with van der Waals surface area (Å²) in [6.45, 7) is 6.17. The van der Waals surface area contributed by atoms with E-state index in [2.05, 4.69) is 41.8 Å². The summed E-state index contributed by atoms with van der Waals surface area (Å²) in [5.41, 5.74) is 2.60. The molecule has 2 amide bonds. The molecule has 1 aromatic carbocycles. The molecule has 0 radical (unpaired) electrons. The van der Waals surface area contributed by atoms with E-state index >= 15 is 0 Å². The van der Waals surface area contributed by atoms with Crippen LogP contribution >= 0.6 is 27.5 Å². The minimum absolute atomic E-state index is 0.147. The van der Waals surface area contributed by atoms with E-state index in [1.165, 1.54) is 0 Å². The fraction of sp³-hybridized carbons (Fsp3) is 0.350. The van der Waals surface area contributed by atoms with Gasteiger partial charge in [-0.05, 0) is 60.5 Å². The second-order valence-electron chi connectivity index (χ2n) is 6.96. The van der Waals surface area contributed by atoms with Crippen molar-refractivity contribution in [2.24, 2.45) is 0 Å². The number of rotatable bonds is 9. The van der Waals surface area contributed by atoms with Crippen molar-refractivity contribution in [3.8, 4) is 5.75 Å². The van der Waals surface area contributed by atoms with Gasteiger partial charge in [0.2, 0.25) is 0 Å². The highest BCUT2D eigenvalue weighted by molar-refractivity contribution is 9.10. The monoisotopic (exact) mass is 524 g/mol. The van der Waals surface area contributed by atoms with E-state index in [1.54, 1.807) is 22.9 Å². The summed E-state index contributed by atoms with van der Waals surface area (Å²) in [7, 11) is 0. The summed E-state index contributed by atoms with van der Waals surface area (Å²) in [5, 5.41) is 14.1. The fourth-order valence-corrected chi connectivity index (χ4v) is 3.31. The normalized spacial score (nSPS) is 10.8. The topological polar surface area (TPSA) is 124 Å². The number of benzene rings is 1. The van der Waals surface area contributed by atoms with E-state index in [0.29, 0.717) is 16.6 Å². The number of hydrogen-bond donors (Lipinski definition) is 2. The van der Waals surface area contributed by atoms with E-state index in [4.69, 9.17) is 20.9 Å². The Morgan fingerprint density at radius 3 is 2.66 bits per heavy atom. The molecule has 0 saturated carbocycles. The Morgan fingerprint density at radius 1 is 1.22 bits per heavy atom. The van der Waals surface area contributed by atoms with Gasteiger partial charge in [-0.25, -0.2) is 0 Å². The largest absolute Gasteiger partial charge is 0.484 e. The summed E-state index contributed by atoms with van der Waals surface area (Å²) in [6, 6.07) is 5.15. The molecule has 0 atom stereocenters. The lowest BCUT2D eigenvalue weighted by molar-refractivity contribution is -0.123. The van der Waals surface area contributed by atoms with Crippen molar-refractivity contribution in [1.29, 1.82) is 0 Å². The third-order valence-electron chi connectivity index (χ3n) is 4.48. The molecule has 2 heterocycles. The predicted octanol–water partition coefficient (Wildman–Crippen LogP) is 2.58. The number of aromatic nitrogens is 4. The Balaban J connectivity index is 1.39. The quantitative estimate of drug-likeness (QED) is 0.411. The number of carbonyl (C=O) groups is 2. The summed E-state index contributed by atoms with van der Waals surface area (Å²) in [5.74, 6) is -0.0900. The molecular weight excluding hydrogens is 504 g/mol. The maximum atomic E-state index is 12.2. The number of amides is 2. The van der Waals surface area contributed by atoms with Gasteiger partial charge in [-0.1, -0.05) is 16.8 Å². The van der Waals surface area contributed by atoms with Gasteiger partial charge in [-0.15, -0.1) is 0 Å². The first-order valence-corrected chi connectivity index (χ1v) is 10.9. The van der Waals surface area contributed by atoms with Crippen molar-refractivity contribution in [2.75, 3.05) is 19.7 Å². The molecule has 2 aromatic heterocycles. The third-order valence-corrected chi connectivity index (χ3v) is 5.86. The zero-order valence-electron chi connectivity index (χ0n) is 17.7. The van der Waals surface area contributed by atoms with Gasteiger partial charge in [0.25, 0.3) is 5.91 Å². The van der Waals surface area contributed by atoms with E-state index in [1.807, 2.05) is 20.8 Å². The lowest BCUT2D eigenvalue weighted by Crippen LogP contribution is -2.36. The van der Waals surface area contributed by atoms with E-state index in [0.717, 1.165) is 21.4 Å². The van der Waals surface area contributed by atoms with Crippen LogP contribution in [0.15, 0.2) is 27.2 Å². The van der Waals surface area contributed by atoms with Gasteiger partial charge in [0.15, 0.2) is 12.4 Å². The number of halogens is 2. The van der Waals surface area contributed by atoms with Crippen LogP contribution < -0.4 is 15.4 Å². The molecule has 0 bridgehead atoms. The van der Waals surface area contributed by atoms with Crippen molar-refractivity contribution in [2.45, 2.75) is 27.3 Å². The molecule has 3 rings (SSSR count). The van der Waals surface area contributed by atoms with E-state index in [-0.39, 0.29) is 38.0 Å². The lowest BCUT2D eigenvalue weighted by Gasteiger charge is -2.10. The van der Waals surface area contributed by atoms with Gasteiger partial charge in [-0.2, -0.15) is 10.1 Å². The summed E-state index contributed by atoms with van der Waals surface area (Å²) >= 11 is 9.35. The first kappa shape index (κ1) is 23.7. The van der Waals surface area contributed by atoms with Gasteiger partial charge < -0.3 is 19.9 Å². The molecule has 10 nitrogen and oxygen atoms in total. The van der Waals surface area contributed by atoms with Gasteiger partial charge in [0.05, 0.1) is 15.9 Å². The van der Waals surface area contributed by atoms with E-state index < -0.39 is 5.91 Å². The Hall–Kier alpha value is -2.92. The fourth-order valence-electron chi connectivity index (χ4n) is 2.80. The van der Waals surface area contributed by atoms with Crippen LogP contribution in [0.4, 0.5) is 0 Å². The second kappa shape index (κ2) is 10.6. The van der Waals surface area contributed by atoms with Crippen molar-refractivity contribution < 1.29 is 18.8 Å². The SMILES string of the molecule is Cc1cc(Cl)ccc1OCC(=O)NCCNC(=O)c1nc(Cn2nc(C)c(Br)c2C)no1. The molecular formula is C20H22BrClN6O4. The Bertz CT molecular complexity index is 1130. The smallest absolute Gasteiger partial charge is 0.316 e. The van der Waals surface area contributed by atoms with Crippen molar-refractivity contribution in [1.82, 2.24) is 30.6 Å². The van der Waals surface area contributed by atoms with Crippen molar-refractivity contribution >= 4 is 39.3 Å². The lowest BCUT2D eigenvalue weighted by atomic mass is 10.2. The van der Waals surface area contributed by atoms with E-state index in [9.17, 15) is 9.59 Å². The number of nitrogens with one attached hydrogen (secondary N) is 2. The van der Waals surface area contributed by atoms with Crippen LogP contribution in [0.25, 0.3) is 0 Å². The van der Waals surface area contributed by atoms with Crippen LogP contribution in [-0.4, -0.2) is 51.4 Å². The highest BCUT2D eigenvalue weighted by Gasteiger charge is 2.17. The first-order valence-electron chi connectivity index (χ1n) is 9.70. The molecule has 0 aliphatic carbocycles. The molecule has 2 N–H and O–H groups in total. The predicted molar refractivity (Wildman–Crippen MR) is 120 cm³/mol. The van der Waals surface area contributed by atoms with Crippen LogP contribution in [-0.2, 0) is 11.3 Å². The molecule has 3 aromatic rings. The van der Waals surface area contributed by atoms with Crippen LogP contribution in [0.1, 0.15) is 33.5 Å². The maximum Gasteiger partial charge on any atom is 0.316 e. The Kier molecular flexibility index (Phi) is 7.86. The maximum absolute atomic E-state index is 12.2. The molecule has 12 heteroatoms. The summed E-state index contributed by atoms with van der Waals surface area (Å²) in [6.07, 6.45) is 0. The van der Waals surface area contributed by atoms with Gasteiger partial charge in [-0.3, -0.25) is 14.3 Å². The molecule has 0 spiro atoms. The van der Waals surface area contributed by atoms with Crippen molar-refractivity contribution in [3.05, 3.63) is 56.4 Å². The highest BCUT2D eigenvalue weighted by Crippen LogP contribution is 2.22. The highest BCUT2D eigenvalue weighted by atomic mass is 79.9. The number of hydrogen-bond acceptors (Lipinski definition) is 7. The molecule has 0 aliphatic heterocycles. The molecule has 170 valence electrons. The average Bonchev–Trinajstić information content (AvgIpc) is 3.31. The number of aryl methyl sites for hydroxylation is 2. The molecule has 32 heavy (non-hydrogen) atoms. The van der Waals surface area contributed by atoms with Crippen LogP contribution in [0.5, 0.6) is 5.75 Å². The molecule has 0 unspecified atom stereocenters. The number of ether oxygens (including phenoxy) is 1.